The number of halogens is 1. The van der Waals surface area contributed by atoms with Crippen LogP contribution in [-0.2, 0) is 6.61 Å². The van der Waals surface area contributed by atoms with Gasteiger partial charge in [-0.15, -0.1) is 0 Å². The fraction of sp³-hybridized carbons (Fsp3) is 0.160. The van der Waals surface area contributed by atoms with Gasteiger partial charge in [0.25, 0.3) is 5.91 Å². The first-order chi connectivity index (χ1) is 16.4. The molecule has 8 nitrogen and oxygen atoms in total. The molecule has 2 aromatic carbocycles. The Morgan fingerprint density at radius 2 is 1.97 bits per heavy atom. The van der Waals surface area contributed by atoms with E-state index in [1.807, 2.05) is 0 Å². The summed E-state index contributed by atoms with van der Waals surface area (Å²) in [7, 11) is 3.01. The number of ether oxygens (including phenoxy) is 2. The summed E-state index contributed by atoms with van der Waals surface area (Å²) >= 11 is 0. The van der Waals surface area contributed by atoms with E-state index in [2.05, 4.69) is 15.3 Å². The van der Waals surface area contributed by atoms with E-state index in [1.54, 1.807) is 37.3 Å². The van der Waals surface area contributed by atoms with Crippen LogP contribution >= 0.6 is 0 Å². The summed E-state index contributed by atoms with van der Waals surface area (Å²) in [5.41, 5.74) is 1.71. The first kappa shape index (κ1) is 22.9. The van der Waals surface area contributed by atoms with Crippen LogP contribution in [0.15, 0.2) is 64.1 Å². The average Bonchev–Trinajstić information content (AvgIpc) is 2.85. The van der Waals surface area contributed by atoms with Gasteiger partial charge < -0.3 is 24.3 Å². The Labute approximate surface area is 194 Å². The van der Waals surface area contributed by atoms with Gasteiger partial charge in [0.1, 0.15) is 28.6 Å². The minimum absolute atomic E-state index is 0.00537. The van der Waals surface area contributed by atoms with Crippen molar-refractivity contribution < 1.29 is 28.2 Å². The van der Waals surface area contributed by atoms with Crippen LogP contribution in [0, 0.1) is 12.7 Å². The number of aliphatic hydroxyl groups excluding tert-OH is 1. The van der Waals surface area contributed by atoms with Gasteiger partial charge in [-0.25, -0.2) is 9.38 Å². The number of carbonyl (C=O) groups is 1. The van der Waals surface area contributed by atoms with Gasteiger partial charge in [-0.3, -0.25) is 9.78 Å². The van der Waals surface area contributed by atoms with Crippen LogP contribution in [0.5, 0.6) is 11.5 Å². The van der Waals surface area contributed by atoms with E-state index in [9.17, 15) is 14.3 Å². The SMILES string of the molecule is COc1ccc(OC)c(N=c2oc3c(C)ncc(CO)c3cc2C(=O)Nc2ccccc2F)c1. The molecule has 0 aliphatic carbocycles. The predicted molar refractivity (Wildman–Crippen MR) is 124 cm³/mol. The molecule has 2 heterocycles. The number of hydrogen-bond acceptors (Lipinski definition) is 7. The topological polar surface area (TPSA) is 106 Å². The van der Waals surface area contributed by atoms with E-state index in [0.717, 1.165) is 0 Å². The third-order valence-electron chi connectivity index (χ3n) is 5.20. The quantitative estimate of drug-likeness (QED) is 0.442. The third-order valence-corrected chi connectivity index (χ3v) is 5.20. The predicted octanol–water partition coefficient (Wildman–Crippen LogP) is 4.27. The molecule has 4 aromatic rings. The number of aliphatic hydroxyl groups is 1. The molecule has 0 atom stereocenters. The zero-order valence-electron chi connectivity index (χ0n) is 18.8. The Balaban J connectivity index is 1.98. The normalized spacial score (nSPS) is 11.5. The van der Waals surface area contributed by atoms with Gasteiger partial charge >= 0.3 is 0 Å². The molecule has 0 spiro atoms. The molecule has 174 valence electrons. The second-order valence-electron chi connectivity index (χ2n) is 7.32. The Morgan fingerprint density at radius 3 is 2.68 bits per heavy atom. The number of hydrogen-bond donors (Lipinski definition) is 2. The Hall–Kier alpha value is -4.24. The highest BCUT2D eigenvalue weighted by Gasteiger charge is 2.18. The molecule has 0 aliphatic rings. The standard InChI is InChI=1S/C25H22FN3O5/c1-14-23-17(15(13-30)12-27-14)11-18(24(31)28-20-7-5-4-6-19(20)26)25(34-23)29-21-10-16(32-2)8-9-22(21)33-3/h4-12,30H,13H2,1-3H3,(H,28,31). The van der Waals surface area contributed by atoms with Crippen molar-refractivity contribution in [3.8, 4) is 11.5 Å². The number of rotatable bonds is 6. The summed E-state index contributed by atoms with van der Waals surface area (Å²) in [5.74, 6) is -0.277. The Kier molecular flexibility index (Phi) is 6.55. The van der Waals surface area contributed by atoms with Crippen molar-refractivity contribution in [2.75, 3.05) is 19.5 Å². The number of nitrogens with one attached hydrogen (secondary N) is 1. The molecule has 2 N–H and O–H groups in total. The van der Waals surface area contributed by atoms with E-state index in [-0.39, 0.29) is 23.4 Å². The number of fused-ring (bicyclic) bond motifs is 1. The minimum Gasteiger partial charge on any atom is -0.497 e. The molecule has 1 amide bonds. The summed E-state index contributed by atoms with van der Waals surface area (Å²) in [4.78, 5) is 22.0. The van der Waals surface area contributed by atoms with Crippen molar-refractivity contribution in [3.63, 3.8) is 0 Å². The van der Waals surface area contributed by atoms with E-state index in [0.29, 0.717) is 39.4 Å². The number of amides is 1. The van der Waals surface area contributed by atoms with Crippen LogP contribution < -0.4 is 20.3 Å². The fourth-order valence-electron chi connectivity index (χ4n) is 3.41. The minimum atomic E-state index is -0.644. The van der Waals surface area contributed by atoms with Crippen molar-refractivity contribution in [2.45, 2.75) is 13.5 Å². The van der Waals surface area contributed by atoms with Crippen LogP contribution in [0.1, 0.15) is 21.6 Å². The van der Waals surface area contributed by atoms with Crippen LogP contribution in [0.2, 0.25) is 0 Å². The first-order valence-corrected chi connectivity index (χ1v) is 10.3. The van der Waals surface area contributed by atoms with Gasteiger partial charge in [-0.1, -0.05) is 12.1 Å². The van der Waals surface area contributed by atoms with Gasteiger partial charge in [-0.2, -0.15) is 0 Å². The van der Waals surface area contributed by atoms with Gasteiger partial charge in [0.05, 0.1) is 32.2 Å². The molecule has 34 heavy (non-hydrogen) atoms. The summed E-state index contributed by atoms with van der Waals surface area (Å²) < 4.78 is 30.9. The lowest BCUT2D eigenvalue weighted by Crippen LogP contribution is -2.22. The molecular formula is C25H22FN3O5. The zero-order valence-corrected chi connectivity index (χ0v) is 18.8. The highest BCUT2D eigenvalue weighted by Crippen LogP contribution is 2.31. The second-order valence-corrected chi connectivity index (χ2v) is 7.32. The second kappa shape index (κ2) is 9.72. The molecule has 0 saturated heterocycles. The smallest absolute Gasteiger partial charge is 0.261 e. The molecular weight excluding hydrogens is 441 g/mol. The van der Waals surface area contributed by atoms with Crippen molar-refractivity contribution >= 4 is 28.3 Å². The number of pyridine rings is 1. The first-order valence-electron chi connectivity index (χ1n) is 10.3. The van der Waals surface area contributed by atoms with Crippen LogP contribution in [0.4, 0.5) is 15.8 Å². The number of anilines is 1. The lowest BCUT2D eigenvalue weighted by Gasteiger charge is -2.11. The van der Waals surface area contributed by atoms with E-state index >= 15 is 0 Å². The Morgan fingerprint density at radius 1 is 1.18 bits per heavy atom. The van der Waals surface area contributed by atoms with Crippen LogP contribution in [0.3, 0.4) is 0 Å². The third kappa shape index (κ3) is 4.46. The maximum absolute atomic E-state index is 14.2. The summed E-state index contributed by atoms with van der Waals surface area (Å²) in [6.07, 6.45) is 1.51. The van der Waals surface area contributed by atoms with E-state index < -0.39 is 11.7 Å². The average molecular weight is 463 g/mol. The molecule has 0 bridgehead atoms. The Bertz CT molecular complexity index is 1450. The van der Waals surface area contributed by atoms with Crippen molar-refractivity contribution in [3.05, 3.63) is 82.9 Å². The molecule has 0 unspecified atom stereocenters. The van der Waals surface area contributed by atoms with Gasteiger partial charge in [-0.05, 0) is 37.3 Å². The largest absolute Gasteiger partial charge is 0.497 e. The number of nitrogens with zero attached hydrogens (tertiary/aromatic N) is 2. The number of aryl methyl sites for hydroxylation is 1. The summed E-state index contributed by atoms with van der Waals surface area (Å²) in [6.45, 7) is 1.43. The zero-order chi connectivity index (χ0) is 24.2. The lowest BCUT2D eigenvalue weighted by atomic mass is 10.1. The maximum Gasteiger partial charge on any atom is 0.261 e. The lowest BCUT2D eigenvalue weighted by molar-refractivity contribution is 0.102. The van der Waals surface area contributed by atoms with E-state index in [4.69, 9.17) is 13.9 Å². The summed E-state index contributed by atoms with van der Waals surface area (Å²) in [5, 5.41) is 12.8. The van der Waals surface area contributed by atoms with Crippen molar-refractivity contribution in [2.24, 2.45) is 4.99 Å². The molecule has 2 aromatic heterocycles. The number of carbonyl (C=O) groups excluding carboxylic acids is 1. The molecule has 0 saturated carbocycles. The summed E-state index contributed by atoms with van der Waals surface area (Å²) in [6, 6.07) is 12.4. The van der Waals surface area contributed by atoms with Gasteiger partial charge in [0, 0.05) is 23.2 Å². The molecule has 0 aliphatic heterocycles. The fourth-order valence-corrected chi connectivity index (χ4v) is 3.41. The molecule has 0 fully saturated rings. The van der Waals surface area contributed by atoms with Crippen LogP contribution in [-0.4, -0.2) is 30.2 Å². The van der Waals surface area contributed by atoms with Gasteiger partial charge in [0.15, 0.2) is 5.58 Å². The molecule has 4 rings (SSSR count). The van der Waals surface area contributed by atoms with Crippen molar-refractivity contribution in [1.82, 2.24) is 4.98 Å². The maximum atomic E-state index is 14.2. The van der Waals surface area contributed by atoms with Crippen molar-refractivity contribution in [1.29, 1.82) is 0 Å². The number of benzene rings is 2. The van der Waals surface area contributed by atoms with Gasteiger partial charge in [0.2, 0.25) is 5.55 Å². The molecule has 0 radical (unpaired) electrons. The van der Waals surface area contributed by atoms with E-state index in [1.165, 1.54) is 38.6 Å². The highest BCUT2D eigenvalue weighted by atomic mass is 19.1. The number of aromatic nitrogens is 1. The number of methoxy groups -OCH3 is 2. The molecule has 9 heteroatoms. The highest BCUT2D eigenvalue weighted by molar-refractivity contribution is 6.05. The van der Waals surface area contributed by atoms with Crippen LogP contribution in [0.25, 0.3) is 11.0 Å². The number of para-hydroxylation sites is 1. The monoisotopic (exact) mass is 463 g/mol.